The zero-order chi connectivity index (χ0) is 19.4. The number of fused-ring (bicyclic) bond motifs is 1. The Morgan fingerprint density at radius 3 is 1.74 bits per heavy atom. The van der Waals surface area contributed by atoms with Crippen LogP contribution in [0.15, 0.2) is 65.6 Å². The number of aromatic hydroxyl groups is 4. The minimum absolute atomic E-state index is 0.00909. The van der Waals surface area contributed by atoms with Gasteiger partial charge < -0.3 is 20.4 Å². The Labute approximate surface area is 154 Å². The lowest BCUT2D eigenvalue weighted by molar-refractivity contribution is 0.171. The Morgan fingerprint density at radius 1 is 0.704 bits per heavy atom. The summed E-state index contributed by atoms with van der Waals surface area (Å²) in [5.41, 5.74) is -1.69. The fourth-order valence-electron chi connectivity index (χ4n) is 3.39. The van der Waals surface area contributed by atoms with E-state index in [0.29, 0.717) is 0 Å². The van der Waals surface area contributed by atoms with Gasteiger partial charge in [0.2, 0.25) is 0 Å². The summed E-state index contributed by atoms with van der Waals surface area (Å²) in [6, 6.07) is 13.3. The molecule has 138 valence electrons. The molecule has 7 nitrogen and oxygen atoms in total. The third-order valence-corrected chi connectivity index (χ3v) is 5.86. The molecule has 0 spiro atoms. The van der Waals surface area contributed by atoms with Crippen LogP contribution in [0.3, 0.4) is 0 Å². The summed E-state index contributed by atoms with van der Waals surface area (Å²) in [5, 5.41) is 40.2. The van der Waals surface area contributed by atoms with Crippen LogP contribution in [0.5, 0.6) is 23.0 Å². The standard InChI is InChI=1S/C19H14O7S/c20-11-5-7-13(16(22)9-11)19(14-8-6-12(21)10-17(14)23)15-3-1-2-4-18(15)27(24,25)26-19/h1-10,20-23H. The SMILES string of the molecule is O=S1(=O)OC(c2ccc(O)cc2O)(c2ccc(O)cc2O)c2ccccc21. The molecule has 1 aliphatic heterocycles. The van der Waals surface area contributed by atoms with Gasteiger partial charge in [-0.2, -0.15) is 8.42 Å². The molecule has 0 amide bonds. The van der Waals surface area contributed by atoms with Crippen LogP contribution >= 0.6 is 0 Å². The Morgan fingerprint density at radius 2 is 1.22 bits per heavy atom. The maximum atomic E-state index is 12.7. The van der Waals surface area contributed by atoms with Gasteiger partial charge in [-0.3, -0.25) is 0 Å². The molecule has 1 heterocycles. The average Bonchev–Trinajstić information content (AvgIpc) is 2.84. The second kappa shape index (κ2) is 5.63. The molecule has 4 N–H and O–H groups in total. The van der Waals surface area contributed by atoms with Crippen LogP contribution < -0.4 is 0 Å². The third-order valence-electron chi connectivity index (χ3n) is 4.49. The number of phenolic OH excluding ortho intramolecular Hbond substituents is 4. The van der Waals surface area contributed by atoms with Gasteiger partial charge in [-0.15, -0.1) is 0 Å². The molecular formula is C19H14O7S. The largest absolute Gasteiger partial charge is 0.508 e. The van der Waals surface area contributed by atoms with Gasteiger partial charge in [0.15, 0.2) is 5.60 Å². The van der Waals surface area contributed by atoms with E-state index in [0.717, 1.165) is 12.1 Å². The van der Waals surface area contributed by atoms with Gasteiger partial charge in [0.25, 0.3) is 10.1 Å². The third kappa shape index (κ3) is 2.42. The minimum Gasteiger partial charge on any atom is -0.508 e. The van der Waals surface area contributed by atoms with E-state index < -0.39 is 27.2 Å². The monoisotopic (exact) mass is 386 g/mol. The molecule has 0 saturated heterocycles. The molecule has 0 aromatic heterocycles. The molecule has 27 heavy (non-hydrogen) atoms. The molecule has 0 aliphatic carbocycles. The lowest BCUT2D eigenvalue weighted by Gasteiger charge is -2.30. The summed E-state index contributed by atoms with van der Waals surface area (Å²) in [6.45, 7) is 0. The van der Waals surface area contributed by atoms with E-state index in [4.69, 9.17) is 4.18 Å². The number of hydrogen-bond acceptors (Lipinski definition) is 7. The van der Waals surface area contributed by atoms with Gasteiger partial charge in [-0.25, -0.2) is 4.18 Å². The summed E-state index contributed by atoms with van der Waals surface area (Å²) in [5.74, 6) is -1.30. The van der Waals surface area contributed by atoms with Crippen molar-refractivity contribution >= 4 is 10.1 Å². The maximum absolute atomic E-state index is 12.7. The predicted octanol–water partition coefficient (Wildman–Crippen LogP) is 2.52. The first-order valence-corrected chi connectivity index (χ1v) is 9.26. The van der Waals surface area contributed by atoms with Crippen LogP contribution in [0, 0.1) is 0 Å². The molecule has 3 aromatic rings. The van der Waals surface area contributed by atoms with Crippen molar-refractivity contribution in [2.24, 2.45) is 0 Å². The first-order chi connectivity index (χ1) is 12.8. The summed E-state index contributed by atoms with van der Waals surface area (Å²) < 4.78 is 30.9. The smallest absolute Gasteiger partial charge is 0.298 e. The molecular weight excluding hydrogens is 372 g/mol. The Balaban J connectivity index is 2.16. The lowest BCUT2D eigenvalue weighted by atomic mass is 9.79. The van der Waals surface area contributed by atoms with Crippen molar-refractivity contribution in [1.29, 1.82) is 0 Å². The Hall–Kier alpha value is -3.23. The zero-order valence-electron chi connectivity index (χ0n) is 13.7. The van der Waals surface area contributed by atoms with Crippen molar-refractivity contribution in [3.05, 3.63) is 77.4 Å². The van der Waals surface area contributed by atoms with Crippen LogP contribution in [-0.4, -0.2) is 28.8 Å². The molecule has 4 rings (SSSR count). The van der Waals surface area contributed by atoms with Crippen molar-refractivity contribution in [2.75, 3.05) is 0 Å². The first-order valence-electron chi connectivity index (χ1n) is 7.86. The summed E-state index contributed by atoms with van der Waals surface area (Å²) in [7, 11) is -4.21. The number of rotatable bonds is 2. The average molecular weight is 386 g/mol. The van der Waals surface area contributed by atoms with E-state index in [-0.39, 0.29) is 33.1 Å². The van der Waals surface area contributed by atoms with Crippen molar-refractivity contribution in [3.63, 3.8) is 0 Å². The summed E-state index contributed by atoms with van der Waals surface area (Å²) >= 11 is 0. The fraction of sp³-hybridized carbons (Fsp3) is 0.0526. The van der Waals surface area contributed by atoms with Crippen LogP contribution in [0.25, 0.3) is 0 Å². The van der Waals surface area contributed by atoms with Gasteiger partial charge in [-0.05, 0) is 30.3 Å². The molecule has 1 aliphatic rings. The molecule has 0 atom stereocenters. The second-order valence-electron chi connectivity index (χ2n) is 6.12. The topological polar surface area (TPSA) is 124 Å². The molecule has 3 aromatic carbocycles. The second-order valence-corrected chi connectivity index (χ2v) is 7.63. The lowest BCUT2D eigenvalue weighted by Crippen LogP contribution is -2.29. The normalized spacial score (nSPS) is 16.7. The predicted molar refractivity (Wildman–Crippen MR) is 94.1 cm³/mol. The van der Waals surface area contributed by atoms with Gasteiger partial charge in [0, 0.05) is 28.8 Å². The van der Waals surface area contributed by atoms with Crippen LogP contribution in [0.2, 0.25) is 0 Å². The Kier molecular flexibility index (Phi) is 3.59. The van der Waals surface area contributed by atoms with Gasteiger partial charge in [0.1, 0.15) is 27.9 Å². The minimum atomic E-state index is -4.21. The summed E-state index contributed by atoms with van der Waals surface area (Å²) in [6.07, 6.45) is 0. The molecule has 0 fully saturated rings. The van der Waals surface area contributed by atoms with Gasteiger partial charge in [0.05, 0.1) is 0 Å². The van der Waals surface area contributed by atoms with Crippen molar-refractivity contribution in [1.82, 2.24) is 0 Å². The molecule has 0 bridgehead atoms. The van der Waals surface area contributed by atoms with E-state index in [1.54, 1.807) is 6.07 Å². The van der Waals surface area contributed by atoms with Crippen LogP contribution in [0.1, 0.15) is 16.7 Å². The number of phenols is 4. The summed E-state index contributed by atoms with van der Waals surface area (Å²) in [4.78, 5) is -0.107. The van der Waals surface area contributed by atoms with Gasteiger partial charge in [-0.1, -0.05) is 18.2 Å². The van der Waals surface area contributed by atoms with E-state index >= 15 is 0 Å². The van der Waals surface area contributed by atoms with Crippen LogP contribution in [-0.2, 0) is 19.9 Å². The molecule has 0 saturated carbocycles. The number of benzene rings is 3. The molecule has 0 unspecified atom stereocenters. The highest BCUT2D eigenvalue weighted by atomic mass is 32.2. The van der Waals surface area contributed by atoms with Crippen LogP contribution in [0.4, 0.5) is 0 Å². The molecule has 0 radical (unpaired) electrons. The van der Waals surface area contributed by atoms with E-state index in [2.05, 4.69) is 0 Å². The highest BCUT2D eigenvalue weighted by molar-refractivity contribution is 7.87. The zero-order valence-corrected chi connectivity index (χ0v) is 14.5. The number of hydrogen-bond donors (Lipinski definition) is 4. The first kappa shape index (κ1) is 17.2. The highest BCUT2D eigenvalue weighted by Gasteiger charge is 2.53. The quantitative estimate of drug-likeness (QED) is 0.499. The van der Waals surface area contributed by atoms with E-state index in [9.17, 15) is 28.8 Å². The van der Waals surface area contributed by atoms with Crippen molar-refractivity contribution in [2.45, 2.75) is 10.5 Å². The van der Waals surface area contributed by atoms with E-state index in [1.165, 1.54) is 42.5 Å². The van der Waals surface area contributed by atoms with Gasteiger partial charge >= 0.3 is 0 Å². The Bertz CT molecular complexity index is 1120. The van der Waals surface area contributed by atoms with Crippen molar-refractivity contribution < 1.29 is 33.0 Å². The van der Waals surface area contributed by atoms with E-state index in [1.807, 2.05) is 0 Å². The van der Waals surface area contributed by atoms with Crippen molar-refractivity contribution in [3.8, 4) is 23.0 Å². The maximum Gasteiger partial charge on any atom is 0.298 e. The highest BCUT2D eigenvalue weighted by Crippen LogP contribution is 2.54. The fourth-order valence-corrected chi connectivity index (χ4v) is 4.80. The molecule has 8 heteroatoms.